The van der Waals surface area contributed by atoms with E-state index < -0.39 is 6.10 Å². The second-order valence-corrected chi connectivity index (χ2v) is 10.1. The first-order valence-corrected chi connectivity index (χ1v) is 12.8. The Hall–Kier alpha value is -0.810. The van der Waals surface area contributed by atoms with Crippen LogP contribution < -0.4 is 0 Å². The minimum Gasteiger partial charge on any atom is -0.391 e. The molecular weight excluding hydrogens is 486 g/mol. The smallest absolute Gasteiger partial charge is 0.0856 e. The molecule has 1 N–H and O–H groups in total. The monoisotopic (exact) mass is 514 g/mol. The number of hydrogen-bond acceptors (Lipinski definition) is 3. The minimum atomic E-state index is -0.578. The molecule has 2 unspecified atom stereocenters. The molecule has 174 valence electrons. The molecule has 1 aliphatic rings. The number of aliphatic hydroxyl groups is 1. The number of nitrogens with zero attached hydrogens (tertiary/aromatic N) is 2. The number of hydrogen-bond donors (Lipinski definition) is 1. The topological polar surface area (TPSA) is 35.8 Å². The standard InChI is InChI=1S/C25H30Cl4N2O/c1-3-5-9-31(10-6-4-2)15-24(32)18-14-23(16-7-8-20(27)21(28)11-16)30-25-19(18)12-17(26)13-22(25)29/h7-8,11-13,18,24,32H,3-6,9-10,14-15H2,1-2H3. The summed E-state index contributed by atoms with van der Waals surface area (Å²) in [4.78, 5) is 7.21. The summed E-state index contributed by atoms with van der Waals surface area (Å²) in [5.74, 6) is -0.172. The highest BCUT2D eigenvalue weighted by atomic mass is 35.5. The Bertz CT molecular complexity index is 955. The summed E-state index contributed by atoms with van der Waals surface area (Å²) in [7, 11) is 0. The Labute approximate surface area is 211 Å². The molecule has 0 fully saturated rings. The minimum absolute atomic E-state index is 0.172. The van der Waals surface area contributed by atoms with Crippen LogP contribution in [0, 0.1) is 0 Å². The molecule has 0 amide bonds. The highest BCUT2D eigenvalue weighted by molar-refractivity contribution is 6.42. The largest absolute Gasteiger partial charge is 0.391 e. The number of aliphatic hydroxyl groups excluding tert-OH is 1. The van der Waals surface area contributed by atoms with Crippen LogP contribution in [0.3, 0.4) is 0 Å². The van der Waals surface area contributed by atoms with Crippen LogP contribution in [-0.4, -0.2) is 41.5 Å². The molecule has 0 aromatic heterocycles. The van der Waals surface area contributed by atoms with E-state index in [-0.39, 0.29) is 5.92 Å². The van der Waals surface area contributed by atoms with Crippen molar-refractivity contribution in [1.29, 1.82) is 0 Å². The summed E-state index contributed by atoms with van der Waals surface area (Å²) in [6.45, 7) is 6.95. The lowest BCUT2D eigenvalue weighted by Crippen LogP contribution is -2.38. The first-order valence-electron chi connectivity index (χ1n) is 11.3. The van der Waals surface area contributed by atoms with Crippen LogP contribution in [0.2, 0.25) is 20.1 Å². The summed E-state index contributed by atoms with van der Waals surface area (Å²) in [5.41, 5.74) is 3.27. The molecule has 1 aliphatic heterocycles. The maximum atomic E-state index is 11.4. The normalized spacial score (nSPS) is 16.8. The molecule has 2 atom stereocenters. The maximum Gasteiger partial charge on any atom is 0.0856 e. The van der Waals surface area contributed by atoms with Crippen molar-refractivity contribution in [3.8, 4) is 0 Å². The third kappa shape index (κ3) is 6.40. The van der Waals surface area contributed by atoms with E-state index in [9.17, 15) is 5.11 Å². The van der Waals surface area contributed by atoms with E-state index >= 15 is 0 Å². The van der Waals surface area contributed by atoms with E-state index in [1.165, 1.54) is 0 Å². The van der Waals surface area contributed by atoms with E-state index in [0.717, 1.165) is 55.6 Å². The molecule has 0 bridgehead atoms. The van der Waals surface area contributed by atoms with Gasteiger partial charge in [0, 0.05) is 23.2 Å². The highest BCUT2D eigenvalue weighted by Crippen LogP contribution is 2.44. The molecule has 0 saturated heterocycles. The van der Waals surface area contributed by atoms with Gasteiger partial charge in [-0.2, -0.15) is 0 Å². The number of halogens is 4. The van der Waals surface area contributed by atoms with Gasteiger partial charge in [-0.15, -0.1) is 0 Å². The van der Waals surface area contributed by atoms with Gasteiger partial charge in [0.25, 0.3) is 0 Å². The second-order valence-electron chi connectivity index (χ2n) is 8.40. The van der Waals surface area contributed by atoms with Crippen LogP contribution in [0.15, 0.2) is 35.3 Å². The zero-order valence-corrected chi connectivity index (χ0v) is 21.6. The molecular formula is C25H30Cl4N2O. The van der Waals surface area contributed by atoms with Crippen molar-refractivity contribution in [2.24, 2.45) is 4.99 Å². The van der Waals surface area contributed by atoms with Gasteiger partial charge in [0.1, 0.15) is 0 Å². The summed E-state index contributed by atoms with van der Waals surface area (Å²) in [5, 5.41) is 13.4. The lowest BCUT2D eigenvalue weighted by Gasteiger charge is -2.33. The van der Waals surface area contributed by atoms with Gasteiger partial charge in [-0.1, -0.05) is 79.2 Å². The van der Waals surface area contributed by atoms with Gasteiger partial charge in [-0.25, -0.2) is 0 Å². The maximum absolute atomic E-state index is 11.4. The predicted molar refractivity (Wildman–Crippen MR) is 139 cm³/mol. The van der Waals surface area contributed by atoms with Crippen LogP contribution in [0.1, 0.15) is 63.0 Å². The fraction of sp³-hybridized carbons (Fsp3) is 0.480. The molecule has 0 radical (unpaired) electrons. The lowest BCUT2D eigenvalue weighted by atomic mass is 9.83. The Morgan fingerprint density at radius 2 is 1.66 bits per heavy atom. The van der Waals surface area contributed by atoms with E-state index in [2.05, 4.69) is 18.7 Å². The summed E-state index contributed by atoms with van der Waals surface area (Å²) < 4.78 is 0. The Balaban J connectivity index is 1.94. The van der Waals surface area contributed by atoms with Gasteiger partial charge < -0.3 is 10.0 Å². The third-order valence-corrected chi connectivity index (χ3v) is 7.18. The molecule has 2 aromatic carbocycles. The number of benzene rings is 2. The number of aliphatic imine (C=N–C) groups is 1. The molecule has 2 aromatic rings. The lowest BCUT2D eigenvalue weighted by molar-refractivity contribution is 0.0892. The molecule has 0 saturated carbocycles. The van der Waals surface area contributed by atoms with Crippen molar-refractivity contribution in [2.45, 2.75) is 58.0 Å². The molecule has 7 heteroatoms. The molecule has 3 nitrogen and oxygen atoms in total. The first kappa shape index (κ1) is 25.8. The van der Waals surface area contributed by atoms with Gasteiger partial charge >= 0.3 is 0 Å². The average Bonchev–Trinajstić information content (AvgIpc) is 2.76. The van der Waals surface area contributed by atoms with Crippen molar-refractivity contribution in [2.75, 3.05) is 19.6 Å². The third-order valence-electron chi connectivity index (χ3n) is 5.94. The second kappa shape index (κ2) is 12.1. The molecule has 0 spiro atoms. The Kier molecular flexibility index (Phi) is 9.72. The highest BCUT2D eigenvalue weighted by Gasteiger charge is 2.32. The summed E-state index contributed by atoms with van der Waals surface area (Å²) in [6, 6.07) is 9.06. The SMILES string of the molecule is CCCCN(CCCC)CC(O)C1CC(c2ccc(Cl)c(Cl)c2)=Nc2c(Cl)cc(Cl)cc21. The van der Waals surface area contributed by atoms with Crippen LogP contribution in [0.5, 0.6) is 0 Å². The van der Waals surface area contributed by atoms with Gasteiger partial charge in [0.15, 0.2) is 0 Å². The number of rotatable bonds is 10. The zero-order chi connectivity index (χ0) is 23.3. The van der Waals surface area contributed by atoms with E-state index in [1.807, 2.05) is 18.2 Å². The van der Waals surface area contributed by atoms with Crippen LogP contribution >= 0.6 is 46.4 Å². The molecule has 1 heterocycles. The predicted octanol–water partition coefficient (Wildman–Crippen LogP) is 8.17. The molecule has 3 rings (SSSR count). The van der Waals surface area contributed by atoms with E-state index in [1.54, 1.807) is 12.1 Å². The van der Waals surface area contributed by atoms with Gasteiger partial charge in [0.2, 0.25) is 0 Å². The number of fused-ring (bicyclic) bond motifs is 1. The van der Waals surface area contributed by atoms with Crippen LogP contribution in [0.25, 0.3) is 0 Å². The molecule has 0 aliphatic carbocycles. The van der Waals surface area contributed by atoms with Crippen molar-refractivity contribution in [1.82, 2.24) is 4.90 Å². The van der Waals surface area contributed by atoms with Crippen molar-refractivity contribution in [3.05, 3.63) is 61.5 Å². The van der Waals surface area contributed by atoms with Crippen molar-refractivity contribution in [3.63, 3.8) is 0 Å². The Morgan fingerprint density at radius 3 is 2.28 bits per heavy atom. The number of unbranched alkanes of at least 4 members (excludes halogenated alkanes) is 2. The zero-order valence-electron chi connectivity index (χ0n) is 18.6. The van der Waals surface area contributed by atoms with Crippen LogP contribution in [0.4, 0.5) is 5.69 Å². The summed E-state index contributed by atoms with van der Waals surface area (Å²) >= 11 is 25.2. The first-order chi connectivity index (χ1) is 15.3. The van der Waals surface area contributed by atoms with Gasteiger partial charge in [-0.3, -0.25) is 4.99 Å². The van der Waals surface area contributed by atoms with Crippen LogP contribution in [-0.2, 0) is 0 Å². The van der Waals surface area contributed by atoms with Crippen molar-refractivity contribution < 1.29 is 5.11 Å². The fourth-order valence-electron chi connectivity index (χ4n) is 4.14. The van der Waals surface area contributed by atoms with Crippen molar-refractivity contribution >= 4 is 57.8 Å². The Morgan fingerprint density at radius 1 is 0.969 bits per heavy atom. The van der Waals surface area contributed by atoms with E-state index in [0.29, 0.717) is 38.7 Å². The average molecular weight is 516 g/mol. The van der Waals surface area contributed by atoms with Gasteiger partial charge in [0.05, 0.1) is 26.9 Å². The molecule has 32 heavy (non-hydrogen) atoms. The fourth-order valence-corrected chi connectivity index (χ4v) is 4.99. The van der Waals surface area contributed by atoms with E-state index in [4.69, 9.17) is 51.4 Å². The summed E-state index contributed by atoms with van der Waals surface area (Å²) in [6.07, 6.45) is 4.48. The van der Waals surface area contributed by atoms with Gasteiger partial charge in [-0.05, 0) is 67.7 Å². The quantitative estimate of drug-likeness (QED) is 0.346.